The Morgan fingerprint density at radius 1 is 1.47 bits per heavy atom. The largest absolute Gasteiger partial charge is 0.294 e. The zero-order valence-corrected chi connectivity index (χ0v) is 12.6. The molecule has 0 N–H and O–H groups in total. The first-order valence-electron chi connectivity index (χ1n) is 6.86. The first-order chi connectivity index (χ1) is 9.08. The fourth-order valence-electron chi connectivity index (χ4n) is 3.00. The lowest BCUT2D eigenvalue weighted by atomic mass is 9.74. The number of allylic oxidation sites excluding steroid dienone is 2. The number of carbonyl (C=O) groups excluding carboxylic acids is 1. The Hall–Kier alpha value is -1.08. The van der Waals surface area contributed by atoms with Crippen molar-refractivity contribution >= 4 is 22.6 Å². The maximum Gasteiger partial charge on any atom is 0.161 e. The molecule has 1 aliphatic heterocycles. The van der Waals surface area contributed by atoms with Gasteiger partial charge in [0.2, 0.25) is 0 Å². The van der Waals surface area contributed by atoms with E-state index in [9.17, 15) is 10.1 Å². The topological polar surface area (TPSA) is 53.2 Å². The lowest BCUT2D eigenvalue weighted by molar-refractivity contribution is -0.116. The van der Waals surface area contributed by atoms with Crippen molar-refractivity contribution in [3.63, 3.8) is 0 Å². The summed E-state index contributed by atoms with van der Waals surface area (Å²) in [5.41, 5.74) is 1.82. The van der Waals surface area contributed by atoms with E-state index in [1.807, 2.05) is 6.26 Å². The van der Waals surface area contributed by atoms with Crippen molar-refractivity contribution in [2.75, 3.05) is 6.26 Å². The number of Topliss-reactive ketones (excluding diaryl/α,β-unsaturated/α-hetero) is 1. The van der Waals surface area contributed by atoms with Gasteiger partial charge in [0.25, 0.3) is 0 Å². The van der Waals surface area contributed by atoms with E-state index in [1.54, 1.807) is 11.8 Å². The molecule has 0 aromatic rings. The normalized spacial score (nSPS) is 27.1. The summed E-state index contributed by atoms with van der Waals surface area (Å²) >= 11 is 1.55. The molecule has 0 radical (unpaired) electrons. The second kappa shape index (κ2) is 5.92. The molecule has 0 spiro atoms. The van der Waals surface area contributed by atoms with Crippen LogP contribution in [0, 0.1) is 29.1 Å². The minimum absolute atomic E-state index is 0.0488. The van der Waals surface area contributed by atoms with E-state index in [1.165, 1.54) is 0 Å². The van der Waals surface area contributed by atoms with Crippen molar-refractivity contribution < 1.29 is 4.79 Å². The van der Waals surface area contributed by atoms with Crippen molar-refractivity contribution in [2.24, 2.45) is 22.7 Å². The molecule has 2 aliphatic rings. The van der Waals surface area contributed by atoms with Crippen LogP contribution in [0.25, 0.3) is 0 Å². The van der Waals surface area contributed by atoms with E-state index in [-0.39, 0.29) is 17.6 Å². The summed E-state index contributed by atoms with van der Waals surface area (Å²) in [6.45, 7) is 4.29. The van der Waals surface area contributed by atoms with E-state index in [4.69, 9.17) is 0 Å². The summed E-state index contributed by atoms with van der Waals surface area (Å²) < 4.78 is 0. The Morgan fingerprint density at radius 3 is 2.79 bits per heavy atom. The number of nitrogens with zero attached hydrogens (tertiary/aromatic N) is 2. The molecule has 2 rings (SSSR count). The monoisotopic (exact) mass is 276 g/mol. The Labute approximate surface area is 119 Å². The second-order valence-corrected chi connectivity index (χ2v) is 6.46. The molecule has 0 amide bonds. The van der Waals surface area contributed by atoms with Crippen LogP contribution >= 0.6 is 11.8 Å². The van der Waals surface area contributed by atoms with Crippen molar-refractivity contribution in [2.45, 2.75) is 39.5 Å². The predicted molar refractivity (Wildman–Crippen MR) is 78.9 cm³/mol. The summed E-state index contributed by atoms with van der Waals surface area (Å²) in [7, 11) is 0. The van der Waals surface area contributed by atoms with E-state index < -0.39 is 0 Å². The molecule has 2 atom stereocenters. The number of nitriles is 1. The number of hydrogen-bond donors (Lipinski definition) is 0. The molecule has 0 saturated heterocycles. The van der Waals surface area contributed by atoms with Crippen molar-refractivity contribution in [3.8, 4) is 6.07 Å². The Morgan fingerprint density at radius 2 is 2.21 bits per heavy atom. The maximum absolute atomic E-state index is 12.2. The number of carbonyl (C=O) groups is 1. The zero-order valence-electron chi connectivity index (χ0n) is 11.8. The van der Waals surface area contributed by atoms with Gasteiger partial charge in [-0.15, -0.1) is 11.8 Å². The lowest BCUT2D eigenvalue weighted by Crippen LogP contribution is -2.32. The molecule has 0 aromatic carbocycles. The highest BCUT2D eigenvalue weighted by Gasteiger charge is 2.39. The van der Waals surface area contributed by atoms with Gasteiger partial charge in [-0.3, -0.25) is 4.79 Å². The van der Waals surface area contributed by atoms with Gasteiger partial charge in [-0.25, -0.2) is 4.99 Å². The van der Waals surface area contributed by atoms with Gasteiger partial charge in [0.05, 0.1) is 11.1 Å². The summed E-state index contributed by atoms with van der Waals surface area (Å²) in [6.07, 6.45) is 5.26. The van der Waals surface area contributed by atoms with E-state index in [0.29, 0.717) is 12.3 Å². The number of hydrogen-bond acceptors (Lipinski definition) is 4. The third kappa shape index (κ3) is 2.76. The molecular weight excluding hydrogens is 256 g/mol. The van der Waals surface area contributed by atoms with Crippen LogP contribution in [0.15, 0.2) is 16.3 Å². The van der Waals surface area contributed by atoms with Gasteiger partial charge in [0, 0.05) is 23.6 Å². The van der Waals surface area contributed by atoms with Crippen LogP contribution < -0.4 is 0 Å². The van der Waals surface area contributed by atoms with E-state index in [0.717, 1.165) is 35.6 Å². The maximum atomic E-state index is 12.2. The molecule has 0 saturated carbocycles. The van der Waals surface area contributed by atoms with Gasteiger partial charge in [0.15, 0.2) is 5.78 Å². The molecular formula is C15H20N2OS. The van der Waals surface area contributed by atoms with Crippen LogP contribution in [0.4, 0.5) is 0 Å². The van der Waals surface area contributed by atoms with Gasteiger partial charge in [-0.05, 0) is 31.4 Å². The summed E-state index contributed by atoms with van der Waals surface area (Å²) in [6, 6.07) is 2.38. The highest BCUT2D eigenvalue weighted by atomic mass is 32.2. The molecule has 19 heavy (non-hydrogen) atoms. The molecule has 1 aliphatic carbocycles. The molecule has 4 heteroatoms. The molecule has 3 nitrogen and oxygen atoms in total. The predicted octanol–water partition coefficient (Wildman–Crippen LogP) is 3.57. The Balaban J connectivity index is 2.47. The van der Waals surface area contributed by atoms with E-state index >= 15 is 0 Å². The number of aliphatic imine (C=N–C) groups is 1. The SMILES string of the molecule is CSC1=NC2=C(C(=O)CCC2)[C@H](CC(C)C)C1C#N. The van der Waals surface area contributed by atoms with Crippen LogP contribution in [-0.4, -0.2) is 17.1 Å². The van der Waals surface area contributed by atoms with Gasteiger partial charge < -0.3 is 0 Å². The van der Waals surface area contributed by atoms with Crippen molar-refractivity contribution in [3.05, 3.63) is 11.3 Å². The fourth-order valence-corrected chi connectivity index (χ4v) is 3.68. The average molecular weight is 276 g/mol. The van der Waals surface area contributed by atoms with Gasteiger partial charge in [-0.2, -0.15) is 5.26 Å². The number of ketones is 1. The summed E-state index contributed by atoms with van der Waals surface area (Å²) in [5.74, 6) is 0.507. The molecule has 0 aromatic heterocycles. The highest BCUT2D eigenvalue weighted by molar-refractivity contribution is 8.13. The Kier molecular flexibility index (Phi) is 4.46. The third-order valence-electron chi connectivity index (χ3n) is 3.79. The van der Waals surface area contributed by atoms with E-state index in [2.05, 4.69) is 24.9 Å². The van der Waals surface area contributed by atoms with Crippen LogP contribution in [0.3, 0.4) is 0 Å². The fraction of sp³-hybridized carbons (Fsp3) is 0.667. The van der Waals surface area contributed by atoms with Crippen LogP contribution in [-0.2, 0) is 4.79 Å². The molecule has 1 heterocycles. The van der Waals surface area contributed by atoms with Crippen molar-refractivity contribution in [1.82, 2.24) is 0 Å². The van der Waals surface area contributed by atoms with Crippen LogP contribution in [0.1, 0.15) is 39.5 Å². The average Bonchev–Trinajstić information content (AvgIpc) is 2.37. The zero-order chi connectivity index (χ0) is 14.0. The number of rotatable bonds is 2. The molecule has 1 unspecified atom stereocenters. The first-order valence-corrected chi connectivity index (χ1v) is 8.09. The van der Waals surface area contributed by atoms with Crippen molar-refractivity contribution in [1.29, 1.82) is 5.26 Å². The summed E-state index contributed by atoms with van der Waals surface area (Å²) in [4.78, 5) is 16.8. The third-order valence-corrected chi connectivity index (χ3v) is 4.55. The molecule has 0 bridgehead atoms. The summed E-state index contributed by atoms with van der Waals surface area (Å²) in [5, 5.41) is 10.4. The standard InChI is InChI=1S/C15H20N2OS/c1-9(2)7-10-11(8-16)15(19-3)17-12-5-4-6-13(18)14(10)12/h9-11H,4-7H2,1-3H3/t10-,11?/m1/s1. The quantitative estimate of drug-likeness (QED) is 0.774. The Bertz CT molecular complexity index is 485. The minimum Gasteiger partial charge on any atom is -0.294 e. The van der Waals surface area contributed by atoms with Crippen LogP contribution in [0.2, 0.25) is 0 Å². The van der Waals surface area contributed by atoms with Gasteiger partial charge in [0.1, 0.15) is 5.92 Å². The first kappa shape index (κ1) is 14.3. The molecule has 102 valence electrons. The molecule has 0 fully saturated rings. The highest BCUT2D eigenvalue weighted by Crippen LogP contribution is 2.41. The van der Waals surface area contributed by atoms with Gasteiger partial charge >= 0.3 is 0 Å². The minimum atomic E-state index is -0.238. The number of thioether (sulfide) groups is 1. The van der Waals surface area contributed by atoms with Gasteiger partial charge in [-0.1, -0.05) is 13.8 Å². The van der Waals surface area contributed by atoms with Crippen LogP contribution in [0.5, 0.6) is 0 Å². The smallest absolute Gasteiger partial charge is 0.161 e. The lowest BCUT2D eigenvalue weighted by Gasteiger charge is -2.33. The second-order valence-electron chi connectivity index (χ2n) is 5.63.